The van der Waals surface area contributed by atoms with E-state index in [1.54, 1.807) is 42.5 Å². The van der Waals surface area contributed by atoms with Crippen LogP contribution >= 0.6 is 15.9 Å². The fourth-order valence-electron chi connectivity index (χ4n) is 11.2. The van der Waals surface area contributed by atoms with E-state index in [-0.39, 0.29) is 71.4 Å². The number of amides is 1. The Morgan fingerprint density at radius 3 is 1.44 bits per heavy atom. The van der Waals surface area contributed by atoms with Crippen molar-refractivity contribution in [2.24, 2.45) is 0 Å². The zero-order valence-corrected chi connectivity index (χ0v) is 66.7. The molecular formula is C81H96BrN5O19Sn. The summed E-state index contributed by atoms with van der Waals surface area (Å²) in [5.74, 6) is -0.432. The van der Waals surface area contributed by atoms with Crippen LogP contribution in [0.1, 0.15) is 150 Å². The summed E-state index contributed by atoms with van der Waals surface area (Å²) in [6.45, 7) is 10.5. The predicted molar refractivity (Wildman–Crippen MR) is 411 cm³/mol. The molecule has 1 aliphatic heterocycles. The second kappa shape index (κ2) is 43.9. The molecule has 3 aromatic carbocycles. The normalized spacial score (nSPS) is 12.0. The molecule has 1 amide bonds. The fraction of sp³-hybridized carbons (Fsp3) is 0.333. The number of rotatable bonds is 29. The van der Waals surface area contributed by atoms with E-state index in [0.29, 0.717) is 64.5 Å². The molecule has 1 unspecified atom stereocenters. The van der Waals surface area contributed by atoms with Gasteiger partial charge in [0.25, 0.3) is 5.91 Å². The van der Waals surface area contributed by atoms with E-state index < -0.39 is 42.2 Å². The van der Waals surface area contributed by atoms with Gasteiger partial charge in [0.15, 0.2) is 80.3 Å². The summed E-state index contributed by atoms with van der Waals surface area (Å²) in [5.41, 5.74) is 5.32. The Labute approximate surface area is 637 Å². The van der Waals surface area contributed by atoms with Crippen molar-refractivity contribution in [3.63, 3.8) is 0 Å². The van der Waals surface area contributed by atoms with Crippen LogP contribution in [0.15, 0.2) is 182 Å². The molecule has 1 atom stereocenters. The number of aromatic hydroxyl groups is 2. The minimum Gasteiger partial charge on any atom is -0.503 e. The number of carbonyl (C=O) groups excluding carboxylic acids is 4. The fourth-order valence-corrected chi connectivity index (χ4v) is 26.8. The van der Waals surface area contributed by atoms with Gasteiger partial charge in [0, 0.05) is 38.8 Å². The molecule has 0 radical (unpaired) electrons. The van der Waals surface area contributed by atoms with E-state index in [9.17, 15) is 29.4 Å². The number of unbranched alkanes of at least 4 members (excludes halogenated alkanes) is 3. The van der Waals surface area contributed by atoms with Crippen molar-refractivity contribution in [2.75, 3.05) is 56.4 Å². The van der Waals surface area contributed by atoms with Crippen LogP contribution in [0.2, 0.25) is 13.3 Å². The zero-order valence-electron chi connectivity index (χ0n) is 62.3. The number of carbonyl (C=O) groups is 4. The molecule has 10 aromatic rings. The number of aryl methyl sites for hydroxylation is 1. The molecular weight excluding hydrogens is 1550 g/mol. The van der Waals surface area contributed by atoms with Gasteiger partial charge in [-0.3, -0.25) is 4.79 Å². The van der Waals surface area contributed by atoms with Gasteiger partial charge in [-0.2, -0.15) is 0 Å². The summed E-state index contributed by atoms with van der Waals surface area (Å²) >= 11 is 1.03. The molecule has 1 aliphatic rings. The molecule has 3 N–H and O–H groups in total. The van der Waals surface area contributed by atoms with E-state index in [1.807, 2.05) is 98.1 Å². The molecule has 1 saturated heterocycles. The molecule has 570 valence electrons. The number of ether oxygens (including phenoxy) is 10. The third kappa shape index (κ3) is 24.3. The van der Waals surface area contributed by atoms with E-state index in [0.717, 1.165) is 35.1 Å². The Balaban J connectivity index is 0.000000212. The number of esters is 3. The SMILES string of the molecule is CCC[CH2][Sn]([CH2]CCC)([CH2]CCC)[c]1ccco1.COC(=O)c1nc(-c2ccco2)cc(OC)c1O.COC(=O)c1nc(-c2ccco2)cc(OC)c1OCc1ccccc1.COC(=O)c1nc(Br)cc(OC)c1OCc1ccccc1.COc1cc(C2CCCO2)nc(C(=O)NCc2ccc(C)cc2)c1O.[HH]. The van der Waals surface area contributed by atoms with E-state index >= 15 is 0 Å². The first-order chi connectivity index (χ1) is 51.9. The van der Waals surface area contributed by atoms with Crippen molar-refractivity contribution in [3.8, 4) is 68.9 Å². The molecule has 7 aromatic heterocycles. The Bertz CT molecular complexity index is 4340. The molecule has 0 saturated carbocycles. The van der Waals surface area contributed by atoms with Gasteiger partial charge in [-0.15, -0.1) is 0 Å². The minimum atomic E-state index is -2.20. The number of aromatic nitrogens is 4. The molecule has 107 heavy (non-hydrogen) atoms. The van der Waals surface area contributed by atoms with Crippen molar-refractivity contribution in [1.82, 2.24) is 25.3 Å². The van der Waals surface area contributed by atoms with Crippen molar-refractivity contribution >= 4 is 61.9 Å². The van der Waals surface area contributed by atoms with E-state index in [4.69, 9.17) is 55.9 Å². The number of nitrogens with one attached hydrogen (secondary N) is 1. The van der Waals surface area contributed by atoms with Gasteiger partial charge in [-0.1, -0.05) is 90.5 Å². The summed E-state index contributed by atoms with van der Waals surface area (Å²) in [6.07, 6.45) is 14.7. The maximum absolute atomic E-state index is 12.5. The third-order valence-electron chi connectivity index (χ3n) is 16.9. The zero-order chi connectivity index (χ0) is 77.1. The van der Waals surface area contributed by atoms with Crippen molar-refractivity contribution in [2.45, 2.75) is 118 Å². The molecule has 1 fully saturated rings. The third-order valence-corrected chi connectivity index (χ3v) is 32.3. The molecule has 0 spiro atoms. The molecule has 24 nitrogen and oxygen atoms in total. The minimum absolute atomic E-state index is 0. The molecule has 8 heterocycles. The first-order valence-electron chi connectivity index (χ1n) is 35.0. The Morgan fingerprint density at radius 2 is 0.981 bits per heavy atom. The van der Waals surface area contributed by atoms with Crippen molar-refractivity contribution in [3.05, 3.63) is 220 Å². The van der Waals surface area contributed by atoms with Crippen LogP contribution < -0.4 is 37.5 Å². The molecule has 0 bridgehead atoms. The number of nitrogens with zero attached hydrogens (tertiary/aromatic N) is 4. The maximum atomic E-state index is 12.5. The maximum Gasteiger partial charge on any atom is 0.360 e. The Hall–Kier alpha value is -10.4. The van der Waals surface area contributed by atoms with Gasteiger partial charge in [-0.05, 0) is 76.7 Å². The monoisotopic (exact) mass is 1640 g/mol. The predicted octanol–water partition coefficient (Wildman–Crippen LogP) is 17.2. The van der Waals surface area contributed by atoms with Gasteiger partial charge in [0.2, 0.25) is 0 Å². The number of pyridine rings is 4. The van der Waals surface area contributed by atoms with Crippen LogP contribution in [0.3, 0.4) is 0 Å². The molecule has 26 heteroatoms. The second-order valence-corrected chi connectivity index (χ2v) is 38.1. The quantitative estimate of drug-likeness (QED) is 0.0170. The van der Waals surface area contributed by atoms with Crippen LogP contribution in [0.4, 0.5) is 0 Å². The number of hydrogen-bond acceptors (Lipinski definition) is 23. The standard InChI is InChI=1S/C19H22N2O4.C19H17NO5.C15H14BrNO4.C12H11NO5.C4H3O.3C4H9.Sn.H2/c1-12-5-7-13(8-6-12)11-20-19(23)17-18(22)16(24-2)10-14(21-17)15-4-3-9-25-15;1-22-16-11-14(15-9-6-10-24-15)20-17(19(21)23-2)18(16)25-12-13-7-4-3-5-8-13;1-19-11-8-12(16)17-13(15(18)20-2)14(11)21-9-10-6-4-3-5-7-10;1-16-9-6-7(8-4-3-5-18-8)13-10(11(9)14)12(15)17-2;1-2-4-5-3-1;3*1-3-4-2;;/h5-8,10,15,22H,3-4,9,11H2,1-2H3,(H,20,23);3-11H,12H2,1-2H3;3-8H,9H2,1-2H3;3-6,14H,1-2H3;1-3H;3*1,3-4H2,2H3;;1H. The van der Waals surface area contributed by atoms with E-state index in [1.165, 1.54) is 124 Å². The van der Waals surface area contributed by atoms with Crippen LogP contribution in [0, 0.1) is 6.92 Å². The van der Waals surface area contributed by atoms with Gasteiger partial charge in [-0.25, -0.2) is 34.3 Å². The van der Waals surface area contributed by atoms with Gasteiger partial charge in [0.1, 0.15) is 29.2 Å². The smallest absolute Gasteiger partial charge is 0.360 e. The summed E-state index contributed by atoms with van der Waals surface area (Å²) in [5, 5.41) is 22.9. The van der Waals surface area contributed by atoms with Gasteiger partial charge in [0.05, 0.1) is 74.1 Å². The number of methoxy groups -OCH3 is 7. The number of hydrogen-bond donors (Lipinski definition) is 3. The van der Waals surface area contributed by atoms with Gasteiger partial charge >= 0.3 is 135 Å². The van der Waals surface area contributed by atoms with Crippen molar-refractivity contribution in [1.29, 1.82) is 0 Å². The average Bonchev–Trinajstić information content (AvgIpc) is 1.25. The second-order valence-electron chi connectivity index (χ2n) is 24.3. The summed E-state index contributed by atoms with van der Waals surface area (Å²) in [4.78, 5) is 64.8. The van der Waals surface area contributed by atoms with Crippen LogP contribution in [-0.4, -0.2) is 129 Å². The van der Waals surface area contributed by atoms with E-state index in [2.05, 4.69) is 78.8 Å². The number of furan rings is 3. The van der Waals surface area contributed by atoms with Gasteiger partial charge < -0.3 is 71.7 Å². The largest absolute Gasteiger partial charge is 0.503 e. The van der Waals surface area contributed by atoms with Crippen LogP contribution in [0.25, 0.3) is 22.9 Å². The summed E-state index contributed by atoms with van der Waals surface area (Å²) in [7, 11) is 9.60. The topological polar surface area (TPSA) is 304 Å². The molecule has 0 aliphatic carbocycles. The first-order valence-corrected chi connectivity index (χ1v) is 43.2. The molecule has 11 rings (SSSR count). The number of benzene rings is 3. The summed E-state index contributed by atoms with van der Waals surface area (Å²) in [6, 6.07) is 44.7. The van der Waals surface area contributed by atoms with Crippen LogP contribution in [-0.2, 0) is 38.7 Å². The van der Waals surface area contributed by atoms with Crippen LogP contribution in [0.5, 0.6) is 46.0 Å². The van der Waals surface area contributed by atoms with Crippen molar-refractivity contribution < 1.29 is 91.4 Å². The number of halogens is 1. The average molecular weight is 1640 g/mol. The first kappa shape index (κ1) is 83.9. The summed E-state index contributed by atoms with van der Waals surface area (Å²) < 4.78 is 74.9. The Kier molecular flexibility index (Phi) is 34.4. The Morgan fingerprint density at radius 1 is 0.523 bits per heavy atom.